The van der Waals surface area contributed by atoms with Gasteiger partial charge in [-0.05, 0) is 59.3 Å². The third kappa shape index (κ3) is 4.02. The molecule has 2 rings (SSSR count). The van der Waals surface area contributed by atoms with Crippen molar-refractivity contribution in [2.75, 3.05) is 6.26 Å². The topological polar surface area (TPSA) is 66.5 Å². The minimum absolute atomic E-state index is 0.0865. The fourth-order valence-corrected chi connectivity index (χ4v) is 5.20. The Morgan fingerprint density at radius 1 is 1.05 bits per heavy atom. The largest absolute Gasteiger partial charge is 0.352 e. The fourth-order valence-electron chi connectivity index (χ4n) is 4.07. The second kappa shape index (κ2) is 6.87. The highest BCUT2D eigenvalue weighted by molar-refractivity contribution is 7.91. The molecule has 22 heavy (non-hydrogen) atoms. The van der Waals surface area contributed by atoms with Gasteiger partial charge in [0.25, 0.3) is 0 Å². The first-order chi connectivity index (χ1) is 10.2. The smallest absolute Gasteiger partial charge is 0.237 e. The van der Waals surface area contributed by atoms with Crippen LogP contribution in [0.2, 0.25) is 0 Å². The number of hydrogen-bond donors (Lipinski definition) is 1. The molecule has 2 fully saturated rings. The molecule has 1 aliphatic heterocycles. The number of nitrogens with zero attached hydrogens (tertiary/aromatic N) is 1. The van der Waals surface area contributed by atoms with Crippen molar-refractivity contribution in [2.45, 2.75) is 88.7 Å². The molecule has 0 radical (unpaired) electrons. The van der Waals surface area contributed by atoms with Gasteiger partial charge in [-0.25, -0.2) is 8.42 Å². The molecule has 1 N–H and O–H groups in total. The van der Waals surface area contributed by atoms with Gasteiger partial charge in [0, 0.05) is 24.4 Å². The van der Waals surface area contributed by atoms with Gasteiger partial charge >= 0.3 is 0 Å². The fraction of sp³-hybridized carbons (Fsp3) is 0.938. The monoisotopic (exact) mass is 330 g/mol. The van der Waals surface area contributed by atoms with E-state index in [0.717, 1.165) is 25.7 Å². The van der Waals surface area contributed by atoms with Gasteiger partial charge in [0.2, 0.25) is 5.91 Å². The lowest BCUT2D eigenvalue weighted by Crippen LogP contribution is -2.52. The van der Waals surface area contributed by atoms with Gasteiger partial charge in [-0.1, -0.05) is 0 Å². The Kier molecular flexibility index (Phi) is 5.54. The minimum atomic E-state index is -2.94. The van der Waals surface area contributed by atoms with Gasteiger partial charge in [0.05, 0.1) is 11.3 Å². The molecule has 128 valence electrons. The Balaban J connectivity index is 1.85. The molecule has 1 saturated carbocycles. The Morgan fingerprint density at radius 3 is 2.00 bits per heavy atom. The summed E-state index contributed by atoms with van der Waals surface area (Å²) >= 11 is 0. The van der Waals surface area contributed by atoms with E-state index in [-0.39, 0.29) is 23.2 Å². The number of amides is 1. The molecule has 6 heteroatoms. The summed E-state index contributed by atoms with van der Waals surface area (Å²) in [6, 6.07) is 0.926. The zero-order valence-corrected chi connectivity index (χ0v) is 15.0. The van der Waals surface area contributed by atoms with E-state index >= 15 is 0 Å². The molecule has 1 amide bonds. The van der Waals surface area contributed by atoms with Crippen LogP contribution in [-0.4, -0.2) is 54.9 Å². The molecular formula is C16H30N2O3S. The SMILES string of the molecule is CC1CCC(C)N1C(C)C(=O)NC1CCC(S(C)(=O)=O)CC1. The molecule has 1 heterocycles. The minimum Gasteiger partial charge on any atom is -0.352 e. The lowest BCUT2D eigenvalue weighted by atomic mass is 9.94. The van der Waals surface area contributed by atoms with Gasteiger partial charge in [-0.3, -0.25) is 9.69 Å². The molecule has 1 saturated heterocycles. The summed E-state index contributed by atoms with van der Waals surface area (Å²) in [5.74, 6) is 0.0865. The van der Waals surface area contributed by atoms with Crippen LogP contribution in [-0.2, 0) is 14.6 Å². The summed E-state index contributed by atoms with van der Waals surface area (Å²) in [6.07, 6.45) is 6.47. The van der Waals surface area contributed by atoms with E-state index in [1.54, 1.807) is 0 Å². The number of rotatable bonds is 4. The zero-order valence-electron chi connectivity index (χ0n) is 14.2. The Hall–Kier alpha value is -0.620. The van der Waals surface area contributed by atoms with Crippen molar-refractivity contribution in [3.05, 3.63) is 0 Å². The standard InChI is InChI=1S/C16H30N2O3S/c1-11-5-6-12(2)18(11)13(3)16(19)17-14-7-9-15(10-8-14)22(4,20)21/h11-15H,5-10H2,1-4H3,(H,17,19). The van der Waals surface area contributed by atoms with E-state index in [9.17, 15) is 13.2 Å². The molecule has 0 bridgehead atoms. The molecule has 0 spiro atoms. The van der Waals surface area contributed by atoms with E-state index in [4.69, 9.17) is 0 Å². The number of likely N-dealkylation sites (tertiary alicyclic amines) is 1. The molecule has 0 aromatic carbocycles. The van der Waals surface area contributed by atoms with E-state index in [0.29, 0.717) is 24.9 Å². The Bertz CT molecular complexity index is 488. The highest BCUT2D eigenvalue weighted by Crippen LogP contribution is 2.27. The summed E-state index contributed by atoms with van der Waals surface area (Å²) in [5, 5.41) is 2.91. The maximum Gasteiger partial charge on any atom is 0.237 e. The predicted molar refractivity (Wildman–Crippen MR) is 88.5 cm³/mol. The number of hydrogen-bond acceptors (Lipinski definition) is 4. The van der Waals surface area contributed by atoms with Crippen molar-refractivity contribution in [2.24, 2.45) is 0 Å². The van der Waals surface area contributed by atoms with Crippen LogP contribution in [0.15, 0.2) is 0 Å². The number of carbonyl (C=O) groups excluding carboxylic acids is 1. The summed E-state index contributed by atoms with van der Waals surface area (Å²) in [6.45, 7) is 6.35. The second-order valence-corrected chi connectivity index (χ2v) is 9.54. The molecule has 0 aromatic heterocycles. The highest BCUT2D eigenvalue weighted by atomic mass is 32.2. The Morgan fingerprint density at radius 2 is 1.55 bits per heavy atom. The van der Waals surface area contributed by atoms with Gasteiger partial charge in [0.15, 0.2) is 0 Å². The lowest BCUT2D eigenvalue weighted by Gasteiger charge is -2.34. The number of nitrogens with one attached hydrogen (secondary N) is 1. The second-order valence-electron chi connectivity index (χ2n) is 7.21. The van der Waals surface area contributed by atoms with Crippen LogP contribution in [0.3, 0.4) is 0 Å². The summed E-state index contributed by atoms with van der Waals surface area (Å²) < 4.78 is 23.2. The highest BCUT2D eigenvalue weighted by Gasteiger charge is 2.35. The van der Waals surface area contributed by atoms with Crippen molar-refractivity contribution in [1.29, 1.82) is 0 Å². The molecule has 3 atom stereocenters. The first-order valence-corrected chi connectivity index (χ1v) is 10.4. The maximum atomic E-state index is 12.5. The van der Waals surface area contributed by atoms with Gasteiger partial charge < -0.3 is 5.32 Å². The normalized spacial score (nSPS) is 35.3. The first kappa shape index (κ1) is 17.7. The van der Waals surface area contributed by atoms with E-state index in [1.807, 2.05) is 6.92 Å². The third-order valence-corrected chi connectivity index (χ3v) is 7.16. The average molecular weight is 330 g/mol. The van der Waals surface area contributed by atoms with Crippen molar-refractivity contribution in [3.63, 3.8) is 0 Å². The van der Waals surface area contributed by atoms with Crippen LogP contribution in [0.25, 0.3) is 0 Å². The predicted octanol–water partition coefficient (Wildman–Crippen LogP) is 1.72. The van der Waals surface area contributed by atoms with Crippen LogP contribution in [0.4, 0.5) is 0 Å². The molecule has 2 aliphatic rings. The van der Waals surface area contributed by atoms with E-state index in [2.05, 4.69) is 24.1 Å². The van der Waals surface area contributed by atoms with Crippen molar-refractivity contribution in [3.8, 4) is 0 Å². The lowest BCUT2D eigenvalue weighted by molar-refractivity contribution is -0.127. The van der Waals surface area contributed by atoms with Crippen LogP contribution in [0.5, 0.6) is 0 Å². The van der Waals surface area contributed by atoms with Crippen molar-refractivity contribution >= 4 is 15.7 Å². The van der Waals surface area contributed by atoms with E-state index < -0.39 is 9.84 Å². The van der Waals surface area contributed by atoms with Gasteiger partial charge in [-0.15, -0.1) is 0 Å². The van der Waals surface area contributed by atoms with Gasteiger partial charge in [0.1, 0.15) is 9.84 Å². The molecule has 0 aromatic rings. The quantitative estimate of drug-likeness (QED) is 0.852. The van der Waals surface area contributed by atoms with Crippen LogP contribution >= 0.6 is 0 Å². The van der Waals surface area contributed by atoms with Crippen LogP contribution < -0.4 is 5.32 Å². The number of carbonyl (C=O) groups is 1. The average Bonchev–Trinajstić information content (AvgIpc) is 2.77. The Labute approximate surface area is 134 Å². The van der Waals surface area contributed by atoms with Crippen LogP contribution in [0, 0.1) is 0 Å². The number of sulfone groups is 1. The van der Waals surface area contributed by atoms with Crippen molar-refractivity contribution in [1.82, 2.24) is 10.2 Å². The molecular weight excluding hydrogens is 300 g/mol. The zero-order chi connectivity index (χ0) is 16.5. The summed E-state index contributed by atoms with van der Waals surface area (Å²) in [7, 11) is -2.94. The van der Waals surface area contributed by atoms with E-state index in [1.165, 1.54) is 6.26 Å². The summed E-state index contributed by atoms with van der Waals surface area (Å²) in [5.41, 5.74) is 0. The maximum absolute atomic E-state index is 12.5. The molecule has 3 unspecified atom stereocenters. The third-order valence-electron chi connectivity index (χ3n) is 5.47. The summed E-state index contributed by atoms with van der Waals surface area (Å²) in [4.78, 5) is 14.8. The first-order valence-electron chi connectivity index (χ1n) is 8.46. The van der Waals surface area contributed by atoms with Crippen molar-refractivity contribution < 1.29 is 13.2 Å². The van der Waals surface area contributed by atoms with Gasteiger partial charge in [-0.2, -0.15) is 0 Å². The van der Waals surface area contributed by atoms with Crippen LogP contribution in [0.1, 0.15) is 59.3 Å². The molecule has 1 aliphatic carbocycles. The molecule has 5 nitrogen and oxygen atoms in total.